The number of rotatable bonds is 2. The van der Waals surface area contributed by atoms with E-state index in [1.807, 2.05) is 4.68 Å². The molecule has 1 aromatic carbocycles. The number of carbonyl (C=O) groups is 1. The molecule has 5 nitrogen and oxygen atoms in total. The Bertz CT molecular complexity index is 851. The first-order chi connectivity index (χ1) is 12.6. The van der Waals surface area contributed by atoms with E-state index in [0.717, 1.165) is 31.2 Å². The molecule has 1 unspecified atom stereocenters. The first-order valence-electron chi connectivity index (χ1n) is 9.15. The number of anilines is 1. The van der Waals surface area contributed by atoms with Crippen LogP contribution in [0.3, 0.4) is 0 Å². The summed E-state index contributed by atoms with van der Waals surface area (Å²) in [5.74, 6) is 0.432. The summed E-state index contributed by atoms with van der Waals surface area (Å²) in [6.45, 7) is 0. The average Bonchev–Trinajstić information content (AvgIpc) is 2.83. The highest BCUT2D eigenvalue weighted by molar-refractivity contribution is 8.00. The third kappa shape index (κ3) is 3.32. The summed E-state index contributed by atoms with van der Waals surface area (Å²) in [7, 11) is 0. The van der Waals surface area contributed by atoms with E-state index in [2.05, 4.69) is 10.4 Å². The number of nitrogens with zero attached hydrogens (tertiary/aromatic N) is 1. The van der Waals surface area contributed by atoms with Gasteiger partial charge in [0.05, 0.1) is 22.6 Å². The molecule has 1 aliphatic carbocycles. The number of aromatic amines is 1. The second-order valence-electron chi connectivity index (χ2n) is 7.01. The number of carbonyl (C=O) groups excluding carboxylic acids is 1. The second-order valence-corrected chi connectivity index (χ2v) is 8.10. The molecule has 0 radical (unpaired) electrons. The van der Waals surface area contributed by atoms with Crippen LogP contribution in [0, 0.1) is 5.82 Å². The van der Waals surface area contributed by atoms with Gasteiger partial charge in [-0.05, 0) is 30.5 Å². The lowest BCUT2D eigenvalue weighted by Gasteiger charge is -2.19. The quantitative estimate of drug-likeness (QED) is 0.780. The molecule has 2 N–H and O–H groups in total. The first-order valence-corrected chi connectivity index (χ1v) is 10.2. The predicted molar refractivity (Wildman–Crippen MR) is 101 cm³/mol. The van der Waals surface area contributed by atoms with Crippen LogP contribution in [0.2, 0.25) is 0 Å². The fourth-order valence-corrected chi connectivity index (χ4v) is 5.06. The summed E-state index contributed by atoms with van der Waals surface area (Å²) in [5.41, 5.74) is 1.23. The maximum Gasteiger partial charge on any atom is 0.270 e. The van der Waals surface area contributed by atoms with Crippen LogP contribution in [0.5, 0.6) is 0 Å². The van der Waals surface area contributed by atoms with Gasteiger partial charge < -0.3 is 5.32 Å². The molecule has 2 heterocycles. The molecule has 1 amide bonds. The number of hydrogen-bond donors (Lipinski definition) is 2. The number of benzene rings is 1. The van der Waals surface area contributed by atoms with E-state index in [1.165, 1.54) is 36.7 Å². The Hall–Kier alpha value is -2.02. The summed E-state index contributed by atoms with van der Waals surface area (Å²) < 4.78 is 15.2. The highest BCUT2D eigenvalue weighted by atomic mass is 32.2. The topological polar surface area (TPSA) is 66.9 Å². The van der Waals surface area contributed by atoms with Crippen LogP contribution in [0.25, 0.3) is 0 Å². The van der Waals surface area contributed by atoms with E-state index in [0.29, 0.717) is 11.4 Å². The van der Waals surface area contributed by atoms with E-state index in [-0.39, 0.29) is 34.3 Å². The summed E-state index contributed by atoms with van der Waals surface area (Å²) in [6.07, 6.45) is 6.69. The minimum absolute atomic E-state index is 0.109. The van der Waals surface area contributed by atoms with Crippen LogP contribution in [0.4, 0.5) is 10.2 Å². The van der Waals surface area contributed by atoms with Gasteiger partial charge in [-0.2, -0.15) is 0 Å². The van der Waals surface area contributed by atoms with Crippen LogP contribution >= 0.6 is 11.8 Å². The highest BCUT2D eigenvalue weighted by Gasteiger charge is 2.32. The van der Waals surface area contributed by atoms with E-state index < -0.39 is 0 Å². The van der Waals surface area contributed by atoms with Gasteiger partial charge in [0.2, 0.25) is 5.91 Å². The Morgan fingerprint density at radius 1 is 1.04 bits per heavy atom. The maximum atomic E-state index is 13.3. The number of fused-ring (bicyclic) bond motifs is 1. The van der Waals surface area contributed by atoms with Crippen molar-refractivity contribution in [2.75, 3.05) is 11.1 Å². The molecule has 26 heavy (non-hydrogen) atoms. The van der Waals surface area contributed by atoms with Gasteiger partial charge in [-0.1, -0.05) is 37.8 Å². The molecular weight excluding hydrogens is 353 g/mol. The number of nitrogens with one attached hydrogen (secondary N) is 2. The van der Waals surface area contributed by atoms with E-state index >= 15 is 0 Å². The van der Waals surface area contributed by atoms with Gasteiger partial charge in [0.15, 0.2) is 0 Å². The number of amides is 1. The van der Waals surface area contributed by atoms with Crippen molar-refractivity contribution < 1.29 is 9.18 Å². The SMILES string of the molecule is O=C1CSC(c2ccc(F)cc2)c2c(n(C3CCCCCC3)[nH]c2=O)N1. The lowest BCUT2D eigenvalue weighted by Crippen LogP contribution is -2.19. The summed E-state index contributed by atoms with van der Waals surface area (Å²) in [5, 5.41) is 5.62. The molecule has 0 saturated heterocycles. The molecule has 1 aromatic heterocycles. The van der Waals surface area contributed by atoms with Crippen LogP contribution in [0.1, 0.15) is 60.9 Å². The number of hydrogen-bond acceptors (Lipinski definition) is 3. The number of H-pyrrole nitrogens is 1. The van der Waals surface area contributed by atoms with E-state index in [1.54, 1.807) is 12.1 Å². The van der Waals surface area contributed by atoms with Gasteiger partial charge in [0.25, 0.3) is 5.56 Å². The van der Waals surface area contributed by atoms with Gasteiger partial charge in [-0.15, -0.1) is 11.8 Å². The highest BCUT2D eigenvalue weighted by Crippen LogP contribution is 2.41. The largest absolute Gasteiger partial charge is 0.310 e. The van der Waals surface area contributed by atoms with Crippen molar-refractivity contribution in [3.63, 3.8) is 0 Å². The van der Waals surface area contributed by atoms with E-state index in [4.69, 9.17) is 0 Å². The summed E-state index contributed by atoms with van der Waals surface area (Å²) in [4.78, 5) is 25.1. The number of aromatic nitrogens is 2. The molecular formula is C19H22FN3O2S. The van der Waals surface area contributed by atoms with Crippen molar-refractivity contribution in [1.82, 2.24) is 9.78 Å². The Morgan fingerprint density at radius 2 is 1.73 bits per heavy atom. The van der Waals surface area contributed by atoms with Crippen molar-refractivity contribution in [2.45, 2.75) is 49.8 Å². The van der Waals surface area contributed by atoms with Crippen LogP contribution < -0.4 is 10.9 Å². The molecule has 1 saturated carbocycles. The first kappa shape index (κ1) is 17.4. The normalized spacial score (nSPS) is 21.6. The van der Waals surface area contributed by atoms with Crippen molar-refractivity contribution in [3.8, 4) is 0 Å². The monoisotopic (exact) mass is 375 g/mol. The number of halogens is 1. The Morgan fingerprint density at radius 3 is 2.42 bits per heavy atom. The Kier molecular flexibility index (Phi) is 4.89. The Labute approximate surface area is 155 Å². The lowest BCUT2D eigenvalue weighted by atomic mass is 10.1. The van der Waals surface area contributed by atoms with Gasteiger partial charge in [0.1, 0.15) is 11.6 Å². The molecule has 0 spiro atoms. The molecule has 2 aromatic rings. The fraction of sp³-hybridized carbons (Fsp3) is 0.474. The van der Waals surface area contributed by atoms with Crippen LogP contribution in [-0.2, 0) is 4.79 Å². The second kappa shape index (κ2) is 7.31. The molecule has 4 rings (SSSR count). The average molecular weight is 375 g/mol. The van der Waals surface area contributed by atoms with Crippen molar-refractivity contribution in [3.05, 3.63) is 51.6 Å². The minimum Gasteiger partial charge on any atom is -0.310 e. The molecule has 7 heteroatoms. The molecule has 1 atom stereocenters. The third-order valence-corrected chi connectivity index (χ3v) is 6.50. The molecule has 138 valence electrons. The summed E-state index contributed by atoms with van der Waals surface area (Å²) >= 11 is 1.40. The lowest BCUT2D eigenvalue weighted by molar-refractivity contribution is -0.113. The zero-order valence-electron chi connectivity index (χ0n) is 14.5. The molecule has 0 bridgehead atoms. The van der Waals surface area contributed by atoms with Gasteiger partial charge >= 0.3 is 0 Å². The van der Waals surface area contributed by atoms with Crippen molar-refractivity contribution >= 4 is 23.5 Å². The minimum atomic E-state index is -0.313. The number of thioether (sulfide) groups is 1. The fourth-order valence-electron chi connectivity index (χ4n) is 3.93. The molecule has 1 aliphatic heterocycles. The van der Waals surface area contributed by atoms with E-state index in [9.17, 15) is 14.0 Å². The van der Waals surface area contributed by atoms with Crippen molar-refractivity contribution in [1.29, 1.82) is 0 Å². The maximum absolute atomic E-state index is 13.3. The summed E-state index contributed by atoms with van der Waals surface area (Å²) in [6, 6.07) is 6.37. The van der Waals surface area contributed by atoms with Gasteiger partial charge in [-0.25, -0.2) is 4.39 Å². The zero-order chi connectivity index (χ0) is 18.1. The van der Waals surface area contributed by atoms with Crippen LogP contribution in [0.15, 0.2) is 29.1 Å². The zero-order valence-corrected chi connectivity index (χ0v) is 15.3. The van der Waals surface area contributed by atoms with Crippen LogP contribution in [-0.4, -0.2) is 21.4 Å². The van der Waals surface area contributed by atoms with Gasteiger partial charge in [-0.3, -0.25) is 19.4 Å². The Balaban J connectivity index is 1.79. The predicted octanol–water partition coefficient (Wildman–Crippen LogP) is 3.99. The van der Waals surface area contributed by atoms with Crippen molar-refractivity contribution in [2.24, 2.45) is 0 Å². The molecule has 2 aliphatic rings. The third-order valence-electron chi connectivity index (χ3n) is 5.23. The standard InChI is InChI=1S/C19H22FN3O2S/c20-13-9-7-12(8-10-13)17-16-18(21-15(24)11-26-17)23(22-19(16)25)14-5-3-1-2-4-6-14/h7-10,14,17H,1-6,11H2,(H,21,24)(H,22,25). The smallest absolute Gasteiger partial charge is 0.270 e. The molecule has 1 fully saturated rings. The van der Waals surface area contributed by atoms with Gasteiger partial charge in [0, 0.05) is 0 Å².